The molecule has 1 heterocycles. The topological polar surface area (TPSA) is 0 Å². The molecule has 0 nitrogen and oxygen atoms in total. The lowest BCUT2D eigenvalue weighted by Gasteiger charge is -1.97. The lowest BCUT2D eigenvalue weighted by molar-refractivity contribution is 0.628. The van der Waals surface area contributed by atoms with Gasteiger partial charge in [0.15, 0.2) is 0 Å². The normalized spacial score (nSPS) is 10.3. The summed E-state index contributed by atoms with van der Waals surface area (Å²) in [6, 6.07) is 8.17. The van der Waals surface area contributed by atoms with Crippen molar-refractivity contribution in [3.05, 3.63) is 46.6 Å². The van der Waals surface area contributed by atoms with Gasteiger partial charge in [0.1, 0.15) is 5.82 Å². The summed E-state index contributed by atoms with van der Waals surface area (Å²) in [4.78, 5) is 0.988. The van der Waals surface area contributed by atoms with E-state index in [4.69, 9.17) is 11.6 Å². The van der Waals surface area contributed by atoms with E-state index in [-0.39, 0.29) is 5.82 Å². The van der Waals surface area contributed by atoms with Gasteiger partial charge < -0.3 is 0 Å². The average molecular weight is 213 g/mol. The largest absolute Gasteiger partial charge is 0.207 e. The van der Waals surface area contributed by atoms with Crippen LogP contribution in [0.2, 0.25) is 5.02 Å². The zero-order chi connectivity index (χ0) is 9.26. The van der Waals surface area contributed by atoms with Crippen LogP contribution < -0.4 is 0 Å². The number of benzene rings is 1. The molecular formula is C10H6ClFS. The monoisotopic (exact) mass is 212 g/mol. The van der Waals surface area contributed by atoms with E-state index in [1.165, 1.54) is 12.1 Å². The molecule has 1 aromatic heterocycles. The fourth-order valence-electron chi connectivity index (χ4n) is 1.10. The van der Waals surface area contributed by atoms with Crippen LogP contribution in [0.4, 0.5) is 4.39 Å². The van der Waals surface area contributed by atoms with Gasteiger partial charge in [0.05, 0.1) is 9.90 Å². The van der Waals surface area contributed by atoms with E-state index in [0.717, 1.165) is 15.5 Å². The first kappa shape index (κ1) is 8.73. The second-order valence-corrected chi connectivity index (χ2v) is 3.93. The first-order valence-corrected chi connectivity index (χ1v) is 5.02. The van der Waals surface area contributed by atoms with Gasteiger partial charge in [-0.05, 0) is 29.1 Å². The predicted molar refractivity (Wildman–Crippen MR) is 54.7 cm³/mol. The van der Waals surface area contributed by atoms with Crippen LogP contribution in [-0.4, -0.2) is 0 Å². The van der Waals surface area contributed by atoms with E-state index in [1.54, 1.807) is 23.5 Å². The standard InChI is InChI=1S/C10H6ClFS/c11-9-5-6-13-10(9)7-1-3-8(12)4-2-7/h1-6H. The van der Waals surface area contributed by atoms with Gasteiger partial charge in [-0.1, -0.05) is 23.7 Å². The van der Waals surface area contributed by atoms with Crippen LogP contribution in [0.25, 0.3) is 10.4 Å². The van der Waals surface area contributed by atoms with Gasteiger partial charge in [-0.2, -0.15) is 0 Å². The lowest BCUT2D eigenvalue weighted by Crippen LogP contribution is -1.74. The summed E-state index contributed by atoms with van der Waals surface area (Å²) in [6.07, 6.45) is 0. The molecule has 0 fully saturated rings. The highest BCUT2D eigenvalue weighted by atomic mass is 35.5. The van der Waals surface area contributed by atoms with Crippen LogP contribution in [0, 0.1) is 5.82 Å². The molecule has 13 heavy (non-hydrogen) atoms. The molecule has 0 N–H and O–H groups in total. The van der Waals surface area contributed by atoms with Crippen LogP contribution in [0.15, 0.2) is 35.7 Å². The zero-order valence-corrected chi connectivity index (χ0v) is 8.20. The van der Waals surface area contributed by atoms with Crippen molar-refractivity contribution in [3.8, 4) is 10.4 Å². The Hall–Kier alpha value is -0.860. The fraction of sp³-hybridized carbons (Fsp3) is 0. The lowest BCUT2D eigenvalue weighted by atomic mass is 10.2. The van der Waals surface area contributed by atoms with Gasteiger partial charge in [0, 0.05) is 0 Å². The molecule has 0 spiro atoms. The van der Waals surface area contributed by atoms with E-state index in [9.17, 15) is 4.39 Å². The Kier molecular flexibility index (Phi) is 2.34. The fourth-order valence-corrected chi connectivity index (χ4v) is 2.27. The third-order valence-corrected chi connectivity index (χ3v) is 3.11. The second kappa shape index (κ2) is 3.48. The van der Waals surface area contributed by atoms with Crippen LogP contribution in [0.3, 0.4) is 0 Å². The highest BCUT2D eigenvalue weighted by molar-refractivity contribution is 7.14. The highest BCUT2D eigenvalue weighted by Crippen LogP contribution is 2.32. The summed E-state index contributed by atoms with van der Waals surface area (Å²) in [7, 11) is 0. The number of hydrogen-bond acceptors (Lipinski definition) is 1. The summed E-state index contributed by atoms with van der Waals surface area (Å²) in [5.74, 6) is -0.226. The molecule has 66 valence electrons. The Morgan fingerprint density at radius 3 is 2.31 bits per heavy atom. The minimum atomic E-state index is -0.226. The second-order valence-electron chi connectivity index (χ2n) is 2.60. The van der Waals surface area contributed by atoms with Gasteiger partial charge >= 0.3 is 0 Å². The molecule has 0 aliphatic rings. The minimum Gasteiger partial charge on any atom is -0.207 e. The number of rotatable bonds is 1. The van der Waals surface area contributed by atoms with E-state index >= 15 is 0 Å². The maximum Gasteiger partial charge on any atom is 0.123 e. The maximum atomic E-state index is 12.6. The van der Waals surface area contributed by atoms with Crippen molar-refractivity contribution in [3.63, 3.8) is 0 Å². The van der Waals surface area contributed by atoms with Crippen LogP contribution in [0.5, 0.6) is 0 Å². The summed E-state index contributed by atoms with van der Waals surface area (Å²) < 4.78 is 12.6. The first-order valence-electron chi connectivity index (χ1n) is 3.76. The molecule has 0 radical (unpaired) electrons. The van der Waals surface area contributed by atoms with Gasteiger partial charge in [-0.3, -0.25) is 0 Å². The Bertz CT molecular complexity index is 405. The van der Waals surface area contributed by atoms with Crippen molar-refractivity contribution in [1.29, 1.82) is 0 Å². The molecule has 0 saturated carbocycles. The molecule has 0 atom stereocenters. The molecule has 0 unspecified atom stereocenters. The Balaban J connectivity index is 2.47. The van der Waals surface area contributed by atoms with Crippen LogP contribution >= 0.6 is 22.9 Å². The minimum absolute atomic E-state index is 0.226. The molecule has 3 heteroatoms. The van der Waals surface area contributed by atoms with Crippen LogP contribution in [0.1, 0.15) is 0 Å². The predicted octanol–water partition coefficient (Wildman–Crippen LogP) is 4.21. The van der Waals surface area contributed by atoms with Crippen molar-refractivity contribution in [2.75, 3.05) is 0 Å². The average Bonchev–Trinajstić information content (AvgIpc) is 2.53. The smallest absolute Gasteiger partial charge is 0.123 e. The molecule has 2 aromatic rings. The molecule has 0 aliphatic heterocycles. The summed E-state index contributed by atoms with van der Waals surface area (Å²) >= 11 is 7.48. The number of thiophene rings is 1. The maximum absolute atomic E-state index is 12.6. The SMILES string of the molecule is Fc1ccc(-c2sccc2Cl)cc1. The van der Waals surface area contributed by atoms with Crippen molar-refractivity contribution in [2.24, 2.45) is 0 Å². The van der Waals surface area contributed by atoms with Gasteiger partial charge in [-0.25, -0.2) is 4.39 Å². The molecule has 0 aliphatic carbocycles. The Labute approximate surface area is 84.6 Å². The Morgan fingerprint density at radius 2 is 1.77 bits per heavy atom. The zero-order valence-electron chi connectivity index (χ0n) is 6.63. The van der Waals surface area contributed by atoms with Crippen molar-refractivity contribution in [1.82, 2.24) is 0 Å². The molecule has 0 saturated heterocycles. The van der Waals surface area contributed by atoms with Crippen molar-refractivity contribution < 1.29 is 4.39 Å². The van der Waals surface area contributed by atoms with E-state index in [2.05, 4.69) is 0 Å². The molecule has 2 rings (SSSR count). The van der Waals surface area contributed by atoms with Gasteiger partial charge in [-0.15, -0.1) is 11.3 Å². The number of hydrogen-bond donors (Lipinski definition) is 0. The molecular weight excluding hydrogens is 207 g/mol. The highest BCUT2D eigenvalue weighted by Gasteiger charge is 2.03. The Morgan fingerprint density at radius 1 is 1.08 bits per heavy atom. The van der Waals surface area contributed by atoms with Crippen LogP contribution in [-0.2, 0) is 0 Å². The third kappa shape index (κ3) is 1.74. The summed E-state index contributed by atoms with van der Waals surface area (Å²) in [5.41, 5.74) is 0.960. The summed E-state index contributed by atoms with van der Waals surface area (Å²) in [6.45, 7) is 0. The molecule has 1 aromatic carbocycles. The third-order valence-electron chi connectivity index (χ3n) is 1.72. The molecule has 0 amide bonds. The quantitative estimate of drug-likeness (QED) is 0.665. The number of halogens is 2. The molecule has 0 bridgehead atoms. The van der Waals surface area contributed by atoms with Crippen molar-refractivity contribution in [2.45, 2.75) is 0 Å². The van der Waals surface area contributed by atoms with Crippen molar-refractivity contribution >= 4 is 22.9 Å². The first-order chi connectivity index (χ1) is 6.27. The van der Waals surface area contributed by atoms with Gasteiger partial charge in [0.2, 0.25) is 0 Å². The van der Waals surface area contributed by atoms with E-state index in [0.29, 0.717) is 0 Å². The van der Waals surface area contributed by atoms with Gasteiger partial charge in [0.25, 0.3) is 0 Å². The van der Waals surface area contributed by atoms with E-state index < -0.39 is 0 Å². The summed E-state index contributed by atoms with van der Waals surface area (Å²) in [5, 5.41) is 2.64. The van der Waals surface area contributed by atoms with E-state index in [1.807, 2.05) is 11.4 Å².